The van der Waals surface area contributed by atoms with Crippen LogP contribution in [0.25, 0.3) is 0 Å². The third-order valence-electron chi connectivity index (χ3n) is 2.68. The highest BCUT2D eigenvalue weighted by molar-refractivity contribution is 9.10. The first-order valence-electron chi connectivity index (χ1n) is 5.27. The second-order valence-electron chi connectivity index (χ2n) is 3.92. The lowest BCUT2D eigenvalue weighted by molar-refractivity contribution is 0.386. The van der Waals surface area contributed by atoms with Crippen LogP contribution in [0.3, 0.4) is 0 Å². The molecule has 1 unspecified atom stereocenters. The van der Waals surface area contributed by atoms with Crippen molar-refractivity contribution in [2.75, 3.05) is 6.54 Å². The molecule has 1 fully saturated rings. The summed E-state index contributed by atoms with van der Waals surface area (Å²) in [6.07, 6.45) is 5.73. The van der Waals surface area contributed by atoms with Gasteiger partial charge in [-0.3, -0.25) is 0 Å². The van der Waals surface area contributed by atoms with E-state index in [-0.39, 0.29) is 0 Å². The average Bonchev–Trinajstić information content (AvgIpc) is 2.87. The van der Waals surface area contributed by atoms with Crippen LogP contribution in [0.2, 0.25) is 0 Å². The predicted molar refractivity (Wildman–Crippen MR) is 60.2 cm³/mol. The Kier molecular flexibility index (Phi) is 3.29. The van der Waals surface area contributed by atoms with Crippen LogP contribution in [0.4, 0.5) is 0 Å². The standard InChI is InChI=1S/C11H16BrNO/c1-2-13-10(7-8-3-4-8)11-9(12)5-6-14-11/h5-6,8,10,13H,2-4,7H2,1H3. The maximum atomic E-state index is 5.50. The maximum Gasteiger partial charge on any atom is 0.134 e. The molecule has 1 aliphatic rings. The van der Waals surface area contributed by atoms with Gasteiger partial charge in [-0.05, 0) is 40.9 Å². The lowest BCUT2D eigenvalue weighted by atomic mass is 10.1. The van der Waals surface area contributed by atoms with Gasteiger partial charge in [-0.1, -0.05) is 19.8 Å². The van der Waals surface area contributed by atoms with E-state index in [0.29, 0.717) is 6.04 Å². The van der Waals surface area contributed by atoms with Crippen molar-refractivity contribution in [3.05, 3.63) is 22.6 Å². The van der Waals surface area contributed by atoms with Crippen molar-refractivity contribution >= 4 is 15.9 Å². The van der Waals surface area contributed by atoms with Gasteiger partial charge in [-0.15, -0.1) is 0 Å². The summed E-state index contributed by atoms with van der Waals surface area (Å²) in [6.45, 7) is 3.13. The number of hydrogen-bond donors (Lipinski definition) is 1. The highest BCUT2D eigenvalue weighted by atomic mass is 79.9. The molecule has 0 amide bonds. The van der Waals surface area contributed by atoms with E-state index in [9.17, 15) is 0 Å². The summed E-state index contributed by atoms with van der Waals surface area (Å²) in [4.78, 5) is 0. The van der Waals surface area contributed by atoms with E-state index in [0.717, 1.165) is 22.7 Å². The molecule has 1 atom stereocenters. The van der Waals surface area contributed by atoms with E-state index in [4.69, 9.17) is 4.42 Å². The van der Waals surface area contributed by atoms with Crippen LogP contribution >= 0.6 is 15.9 Å². The topological polar surface area (TPSA) is 25.2 Å². The first-order valence-corrected chi connectivity index (χ1v) is 6.06. The number of halogens is 1. The van der Waals surface area contributed by atoms with Crippen LogP contribution in [0.15, 0.2) is 21.2 Å². The van der Waals surface area contributed by atoms with E-state index in [1.165, 1.54) is 19.3 Å². The minimum absolute atomic E-state index is 0.386. The molecule has 1 saturated carbocycles. The van der Waals surface area contributed by atoms with Crippen LogP contribution in [0.5, 0.6) is 0 Å². The fraction of sp³-hybridized carbons (Fsp3) is 0.636. The zero-order chi connectivity index (χ0) is 9.97. The van der Waals surface area contributed by atoms with Gasteiger partial charge in [-0.25, -0.2) is 0 Å². The normalized spacial score (nSPS) is 18.4. The van der Waals surface area contributed by atoms with Gasteiger partial charge in [-0.2, -0.15) is 0 Å². The largest absolute Gasteiger partial charge is 0.466 e. The predicted octanol–water partition coefficient (Wildman–Crippen LogP) is 3.49. The van der Waals surface area contributed by atoms with Gasteiger partial charge >= 0.3 is 0 Å². The zero-order valence-corrected chi connectivity index (χ0v) is 10.0. The van der Waals surface area contributed by atoms with Crippen LogP contribution in [0, 0.1) is 5.92 Å². The van der Waals surface area contributed by atoms with Crippen molar-refractivity contribution in [1.29, 1.82) is 0 Å². The third kappa shape index (κ3) is 2.39. The van der Waals surface area contributed by atoms with E-state index in [1.807, 2.05) is 6.07 Å². The SMILES string of the molecule is CCNC(CC1CC1)c1occc1Br. The van der Waals surface area contributed by atoms with Crippen molar-refractivity contribution < 1.29 is 4.42 Å². The van der Waals surface area contributed by atoms with Crippen molar-refractivity contribution in [2.45, 2.75) is 32.2 Å². The number of nitrogens with one attached hydrogen (secondary N) is 1. The summed E-state index contributed by atoms with van der Waals surface area (Å²) in [5.41, 5.74) is 0. The van der Waals surface area contributed by atoms with Gasteiger partial charge in [0.1, 0.15) is 5.76 Å². The summed E-state index contributed by atoms with van der Waals surface area (Å²) < 4.78 is 6.59. The Morgan fingerprint density at radius 1 is 1.64 bits per heavy atom. The van der Waals surface area contributed by atoms with Gasteiger partial charge < -0.3 is 9.73 Å². The van der Waals surface area contributed by atoms with Crippen molar-refractivity contribution in [3.63, 3.8) is 0 Å². The smallest absolute Gasteiger partial charge is 0.134 e. The van der Waals surface area contributed by atoms with Crippen LogP contribution in [-0.2, 0) is 0 Å². The number of furan rings is 1. The van der Waals surface area contributed by atoms with Gasteiger partial charge in [0.2, 0.25) is 0 Å². The Balaban J connectivity index is 2.04. The minimum Gasteiger partial charge on any atom is -0.466 e. The zero-order valence-electron chi connectivity index (χ0n) is 8.42. The molecule has 3 heteroatoms. The van der Waals surface area contributed by atoms with E-state index in [1.54, 1.807) is 6.26 Å². The maximum absolute atomic E-state index is 5.50. The Hall–Kier alpha value is -0.280. The molecule has 0 aromatic carbocycles. The Morgan fingerprint density at radius 2 is 2.43 bits per heavy atom. The van der Waals surface area contributed by atoms with Crippen LogP contribution in [0.1, 0.15) is 38.0 Å². The molecule has 2 nitrogen and oxygen atoms in total. The van der Waals surface area contributed by atoms with Crippen molar-refractivity contribution in [2.24, 2.45) is 5.92 Å². The Morgan fingerprint density at radius 3 is 2.93 bits per heavy atom. The first kappa shape index (κ1) is 10.2. The van der Waals surface area contributed by atoms with Crippen LogP contribution < -0.4 is 5.32 Å². The van der Waals surface area contributed by atoms with Gasteiger partial charge in [0.05, 0.1) is 16.8 Å². The molecule has 14 heavy (non-hydrogen) atoms. The van der Waals surface area contributed by atoms with E-state index >= 15 is 0 Å². The molecule has 1 aromatic heterocycles. The lowest BCUT2D eigenvalue weighted by Crippen LogP contribution is -2.21. The quantitative estimate of drug-likeness (QED) is 0.874. The molecule has 0 spiro atoms. The third-order valence-corrected chi connectivity index (χ3v) is 3.33. The molecule has 78 valence electrons. The molecule has 0 saturated heterocycles. The minimum atomic E-state index is 0.386. The number of rotatable bonds is 5. The van der Waals surface area contributed by atoms with E-state index < -0.39 is 0 Å². The van der Waals surface area contributed by atoms with Gasteiger partial charge in [0.25, 0.3) is 0 Å². The lowest BCUT2D eigenvalue weighted by Gasteiger charge is -2.15. The second-order valence-corrected chi connectivity index (χ2v) is 4.78. The van der Waals surface area contributed by atoms with Crippen molar-refractivity contribution in [1.82, 2.24) is 5.32 Å². The molecule has 0 aliphatic heterocycles. The van der Waals surface area contributed by atoms with Gasteiger partial charge in [0.15, 0.2) is 0 Å². The second kappa shape index (κ2) is 4.49. The highest BCUT2D eigenvalue weighted by Gasteiger charge is 2.28. The Bertz CT molecular complexity index is 293. The van der Waals surface area contributed by atoms with Crippen LogP contribution in [-0.4, -0.2) is 6.54 Å². The Labute approximate surface area is 93.2 Å². The fourth-order valence-electron chi connectivity index (χ4n) is 1.77. The molecule has 1 heterocycles. The molecule has 1 aromatic rings. The monoisotopic (exact) mass is 257 g/mol. The summed E-state index contributed by atoms with van der Waals surface area (Å²) in [7, 11) is 0. The van der Waals surface area contributed by atoms with Crippen molar-refractivity contribution in [3.8, 4) is 0 Å². The first-order chi connectivity index (χ1) is 6.81. The molecule has 0 radical (unpaired) electrons. The molecular formula is C11H16BrNO. The molecule has 2 rings (SSSR count). The number of hydrogen-bond acceptors (Lipinski definition) is 2. The molecule has 0 bridgehead atoms. The molecule has 1 N–H and O–H groups in total. The average molecular weight is 258 g/mol. The fourth-order valence-corrected chi connectivity index (χ4v) is 2.25. The molecule has 1 aliphatic carbocycles. The molecular weight excluding hydrogens is 242 g/mol. The summed E-state index contributed by atoms with van der Waals surface area (Å²) in [5.74, 6) is 1.97. The summed E-state index contributed by atoms with van der Waals surface area (Å²) in [5, 5.41) is 3.47. The highest BCUT2D eigenvalue weighted by Crippen LogP contribution is 2.39. The summed E-state index contributed by atoms with van der Waals surface area (Å²) >= 11 is 3.51. The van der Waals surface area contributed by atoms with E-state index in [2.05, 4.69) is 28.2 Å². The summed E-state index contributed by atoms with van der Waals surface area (Å²) in [6, 6.07) is 2.35. The van der Waals surface area contributed by atoms with Gasteiger partial charge in [0, 0.05) is 0 Å².